The number of methoxy groups -OCH3 is 1. The van der Waals surface area contributed by atoms with E-state index in [-0.39, 0.29) is 11.9 Å². The van der Waals surface area contributed by atoms with Crippen molar-refractivity contribution in [2.24, 2.45) is 5.92 Å². The molecule has 1 atom stereocenters. The second-order valence-electron chi connectivity index (χ2n) is 8.18. The standard InChI is InChI=1S/C25H30N2O3S/c1-4-20-16-21(25(31-20)26-24(28)22-6-5-15-30-22)23(27-13-11-17(2)12-14-27)18-7-9-19(29-3)10-8-18/h5-10,15-17,23H,4,11-14H2,1-3H3,(H,26,28). The second-order valence-corrected chi connectivity index (χ2v) is 9.31. The fourth-order valence-electron chi connectivity index (χ4n) is 4.17. The minimum atomic E-state index is -0.212. The van der Waals surface area contributed by atoms with E-state index in [1.165, 1.54) is 29.5 Å². The molecule has 1 N–H and O–H groups in total. The fourth-order valence-corrected chi connectivity index (χ4v) is 5.19. The zero-order chi connectivity index (χ0) is 21.8. The highest BCUT2D eigenvalue weighted by Gasteiger charge is 2.30. The number of thiophene rings is 1. The summed E-state index contributed by atoms with van der Waals surface area (Å²) in [4.78, 5) is 16.6. The Balaban J connectivity index is 1.72. The number of likely N-dealkylation sites (tertiary alicyclic amines) is 1. The fraction of sp³-hybridized carbons (Fsp3) is 0.400. The molecule has 5 nitrogen and oxygen atoms in total. The molecule has 1 amide bonds. The highest BCUT2D eigenvalue weighted by molar-refractivity contribution is 7.16. The Morgan fingerprint density at radius 2 is 2.00 bits per heavy atom. The third-order valence-corrected chi connectivity index (χ3v) is 7.25. The Morgan fingerprint density at radius 3 is 2.61 bits per heavy atom. The van der Waals surface area contributed by atoms with Gasteiger partial charge in [-0.15, -0.1) is 11.3 Å². The summed E-state index contributed by atoms with van der Waals surface area (Å²) < 4.78 is 10.7. The Labute approximate surface area is 188 Å². The molecule has 2 aromatic heterocycles. The van der Waals surface area contributed by atoms with Crippen molar-refractivity contribution in [2.75, 3.05) is 25.5 Å². The van der Waals surface area contributed by atoms with Crippen molar-refractivity contribution in [2.45, 2.75) is 39.2 Å². The van der Waals surface area contributed by atoms with E-state index in [4.69, 9.17) is 9.15 Å². The summed E-state index contributed by atoms with van der Waals surface area (Å²) in [6.07, 6.45) is 4.83. The van der Waals surface area contributed by atoms with Crippen molar-refractivity contribution in [1.82, 2.24) is 4.90 Å². The van der Waals surface area contributed by atoms with Crippen LogP contribution in [0, 0.1) is 5.92 Å². The third-order valence-electron chi connectivity index (χ3n) is 6.04. The van der Waals surface area contributed by atoms with Gasteiger partial charge in [-0.3, -0.25) is 9.69 Å². The number of aryl methyl sites for hydroxylation is 1. The first-order chi connectivity index (χ1) is 15.1. The van der Waals surface area contributed by atoms with Gasteiger partial charge >= 0.3 is 0 Å². The molecule has 0 spiro atoms. The van der Waals surface area contributed by atoms with Crippen LogP contribution in [-0.2, 0) is 6.42 Å². The van der Waals surface area contributed by atoms with Crippen molar-refractivity contribution in [3.63, 3.8) is 0 Å². The number of hydrogen-bond donors (Lipinski definition) is 1. The maximum Gasteiger partial charge on any atom is 0.291 e. The quantitative estimate of drug-likeness (QED) is 0.493. The predicted molar refractivity (Wildman–Crippen MR) is 125 cm³/mol. The number of nitrogens with zero attached hydrogens (tertiary/aromatic N) is 1. The van der Waals surface area contributed by atoms with Crippen molar-refractivity contribution in [3.05, 3.63) is 70.5 Å². The highest BCUT2D eigenvalue weighted by atomic mass is 32.1. The van der Waals surface area contributed by atoms with Gasteiger partial charge in [0.2, 0.25) is 0 Å². The SMILES string of the molecule is CCc1cc(C(c2ccc(OC)cc2)N2CCC(C)CC2)c(NC(=O)c2ccco2)s1. The number of carbonyl (C=O) groups excluding carboxylic acids is 1. The van der Waals surface area contributed by atoms with E-state index < -0.39 is 0 Å². The first kappa shape index (κ1) is 21.7. The molecule has 1 unspecified atom stereocenters. The van der Waals surface area contributed by atoms with E-state index in [1.807, 2.05) is 12.1 Å². The maximum absolute atomic E-state index is 12.8. The van der Waals surface area contributed by atoms with Gasteiger partial charge in [0.25, 0.3) is 5.91 Å². The summed E-state index contributed by atoms with van der Waals surface area (Å²) in [5.41, 5.74) is 2.37. The van der Waals surface area contributed by atoms with Crippen LogP contribution < -0.4 is 10.1 Å². The van der Waals surface area contributed by atoms with Gasteiger partial charge in [-0.1, -0.05) is 26.0 Å². The van der Waals surface area contributed by atoms with E-state index in [2.05, 4.69) is 42.3 Å². The van der Waals surface area contributed by atoms with E-state index in [0.717, 1.165) is 41.7 Å². The maximum atomic E-state index is 12.8. The normalized spacial score (nSPS) is 16.2. The molecule has 0 bridgehead atoms. The number of amides is 1. The molecule has 1 fully saturated rings. The van der Waals surface area contributed by atoms with Gasteiger partial charge in [-0.05, 0) is 74.2 Å². The third kappa shape index (κ3) is 4.86. The number of hydrogen-bond acceptors (Lipinski definition) is 5. The molecule has 1 aliphatic heterocycles. The first-order valence-corrected chi connectivity index (χ1v) is 11.8. The molecule has 1 saturated heterocycles. The molecule has 0 saturated carbocycles. The minimum absolute atomic E-state index is 0.0851. The van der Waals surface area contributed by atoms with E-state index in [9.17, 15) is 4.79 Å². The van der Waals surface area contributed by atoms with Crippen LogP contribution in [0.2, 0.25) is 0 Å². The first-order valence-electron chi connectivity index (χ1n) is 10.9. The number of ether oxygens (including phenoxy) is 1. The topological polar surface area (TPSA) is 54.7 Å². The predicted octanol–water partition coefficient (Wildman–Crippen LogP) is 5.99. The molecule has 6 heteroatoms. The summed E-state index contributed by atoms with van der Waals surface area (Å²) in [6.45, 7) is 6.56. The molecule has 0 radical (unpaired) electrons. The largest absolute Gasteiger partial charge is 0.497 e. The molecular weight excluding hydrogens is 408 g/mol. The van der Waals surface area contributed by atoms with E-state index in [1.54, 1.807) is 30.6 Å². The molecule has 31 heavy (non-hydrogen) atoms. The molecule has 1 aliphatic rings. The van der Waals surface area contributed by atoms with E-state index in [0.29, 0.717) is 5.76 Å². The molecule has 1 aromatic carbocycles. The lowest BCUT2D eigenvalue weighted by Gasteiger charge is -2.37. The molecule has 3 heterocycles. The van der Waals surface area contributed by atoms with Gasteiger partial charge in [0.1, 0.15) is 10.8 Å². The van der Waals surface area contributed by atoms with Gasteiger partial charge in [0.05, 0.1) is 19.4 Å². The number of nitrogens with one attached hydrogen (secondary N) is 1. The van der Waals surface area contributed by atoms with Crippen LogP contribution in [0.15, 0.2) is 53.1 Å². The average molecular weight is 439 g/mol. The van der Waals surface area contributed by atoms with Crippen LogP contribution >= 0.6 is 11.3 Å². The van der Waals surface area contributed by atoms with Crippen LogP contribution in [0.4, 0.5) is 5.00 Å². The summed E-state index contributed by atoms with van der Waals surface area (Å²) in [6, 6.07) is 14.1. The number of furan rings is 1. The second kappa shape index (κ2) is 9.71. The summed E-state index contributed by atoms with van der Waals surface area (Å²) in [5, 5.41) is 4.02. The molecule has 0 aliphatic carbocycles. The van der Waals surface area contributed by atoms with Gasteiger partial charge in [-0.25, -0.2) is 0 Å². The van der Waals surface area contributed by atoms with Gasteiger partial charge in [0, 0.05) is 10.4 Å². The van der Waals surface area contributed by atoms with Crippen molar-refractivity contribution in [3.8, 4) is 5.75 Å². The van der Waals surface area contributed by atoms with Crippen molar-refractivity contribution in [1.29, 1.82) is 0 Å². The summed E-state index contributed by atoms with van der Waals surface area (Å²) >= 11 is 1.66. The average Bonchev–Trinajstić information content (AvgIpc) is 3.46. The van der Waals surface area contributed by atoms with Gasteiger partial charge in [-0.2, -0.15) is 0 Å². The van der Waals surface area contributed by atoms with Crippen molar-refractivity contribution < 1.29 is 13.9 Å². The number of carbonyl (C=O) groups is 1. The monoisotopic (exact) mass is 438 g/mol. The van der Waals surface area contributed by atoms with Gasteiger partial charge in [0.15, 0.2) is 5.76 Å². The number of rotatable bonds is 7. The number of benzene rings is 1. The van der Waals surface area contributed by atoms with Crippen LogP contribution in [0.1, 0.15) is 59.3 Å². The van der Waals surface area contributed by atoms with Crippen LogP contribution in [0.3, 0.4) is 0 Å². The highest BCUT2D eigenvalue weighted by Crippen LogP contribution is 2.41. The number of piperidine rings is 1. The molecule has 164 valence electrons. The smallest absolute Gasteiger partial charge is 0.291 e. The zero-order valence-electron chi connectivity index (χ0n) is 18.4. The Morgan fingerprint density at radius 1 is 1.26 bits per heavy atom. The molecular formula is C25H30N2O3S. The molecule has 4 rings (SSSR count). The lowest BCUT2D eigenvalue weighted by molar-refractivity contribution is 0.0996. The minimum Gasteiger partial charge on any atom is -0.497 e. The summed E-state index contributed by atoms with van der Waals surface area (Å²) in [5.74, 6) is 1.71. The van der Waals surface area contributed by atoms with E-state index >= 15 is 0 Å². The van der Waals surface area contributed by atoms with Crippen LogP contribution in [0.5, 0.6) is 5.75 Å². The molecule has 3 aromatic rings. The van der Waals surface area contributed by atoms with Crippen LogP contribution in [-0.4, -0.2) is 31.0 Å². The van der Waals surface area contributed by atoms with Crippen LogP contribution in [0.25, 0.3) is 0 Å². The lowest BCUT2D eigenvalue weighted by Crippen LogP contribution is -2.37. The lowest BCUT2D eigenvalue weighted by atomic mass is 9.92. The van der Waals surface area contributed by atoms with Gasteiger partial charge < -0.3 is 14.5 Å². The zero-order valence-corrected chi connectivity index (χ0v) is 19.2. The van der Waals surface area contributed by atoms with Crippen molar-refractivity contribution >= 4 is 22.2 Å². The number of anilines is 1. The Kier molecular flexibility index (Phi) is 6.78. The Bertz CT molecular complexity index is 986. The summed E-state index contributed by atoms with van der Waals surface area (Å²) in [7, 11) is 1.69. The Hall–Kier alpha value is -2.57.